The van der Waals surface area contributed by atoms with E-state index in [9.17, 15) is 19.5 Å². The Balaban J connectivity index is 2.73. The van der Waals surface area contributed by atoms with E-state index in [1.807, 2.05) is 33.8 Å². The summed E-state index contributed by atoms with van der Waals surface area (Å²) in [5.41, 5.74) is 5.69. The Morgan fingerprint density at radius 3 is 2.35 bits per heavy atom. The lowest BCUT2D eigenvalue weighted by molar-refractivity contribution is -0.112. The Morgan fingerprint density at radius 1 is 1.10 bits per heavy atom. The maximum Gasteiger partial charge on any atom is 0.415 e. The zero-order valence-corrected chi connectivity index (χ0v) is 31.0. The molecule has 1 aromatic rings. The molecule has 2 rings (SSSR count). The van der Waals surface area contributed by atoms with E-state index in [0.717, 1.165) is 0 Å². The lowest BCUT2D eigenvalue weighted by Crippen LogP contribution is -2.44. The molecule has 0 spiro atoms. The van der Waals surface area contributed by atoms with E-state index in [1.165, 1.54) is 18.1 Å². The van der Waals surface area contributed by atoms with Crippen molar-refractivity contribution in [2.75, 3.05) is 53.8 Å². The number of likely N-dealkylation sites (N-methyl/N-ethyl adjacent to an activating group) is 2. The number of rotatable bonds is 8. The molecule has 3 amide bonds. The van der Waals surface area contributed by atoms with Gasteiger partial charge >= 0.3 is 12.2 Å². The van der Waals surface area contributed by atoms with E-state index in [0.29, 0.717) is 37.1 Å². The number of phenols is 1. The molecule has 0 unspecified atom stereocenters. The molecular weight excluding hydrogens is 632 g/mol. The van der Waals surface area contributed by atoms with E-state index in [4.69, 9.17) is 29.4 Å². The summed E-state index contributed by atoms with van der Waals surface area (Å²) in [6.45, 7) is 12.6. The highest BCUT2D eigenvalue weighted by Crippen LogP contribution is 2.43. The normalized spacial score (nSPS) is 28.4. The second-order valence-electron chi connectivity index (χ2n) is 13.7. The van der Waals surface area contributed by atoms with Crippen LogP contribution in [0.1, 0.15) is 66.1 Å². The predicted octanol–water partition coefficient (Wildman–Crippen LogP) is 5.39. The molecule has 7 atom stereocenters. The summed E-state index contributed by atoms with van der Waals surface area (Å²) in [5.74, 6) is -1.17. The summed E-state index contributed by atoms with van der Waals surface area (Å²) in [7, 11) is 8.18. The fraction of sp³-hybridized carbons (Fsp3) is 0.639. The third kappa shape index (κ3) is 11.4. The number of anilines is 1. The summed E-state index contributed by atoms with van der Waals surface area (Å²) >= 11 is 0. The van der Waals surface area contributed by atoms with Crippen LogP contribution in [0, 0.1) is 23.2 Å². The second-order valence-corrected chi connectivity index (χ2v) is 13.7. The van der Waals surface area contributed by atoms with Crippen LogP contribution in [0.5, 0.6) is 11.5 Å². The number of nitrogens with one attached hydrogen (secondary N) is 2. The number of carbonyl (C=O) groups is 3. The molecule has 0 aromatic heterocycles. The molecule has 49 heavy (non-hydrogen) atoms. The zero-order chi connectivity index (χ0) is 37.1. The van der Waals surface area contributed by atoms with E-state index in [1.54, 1.807) is 53.5 Å². The Labute approximate surface area is 291 Å². The molecule has 0 saturated heterocycles. The third-order valence-corrected chi connectivity index (χ3v) is 9.22. The fourth-order valence-corrected chi connectivity index (χ4v) is 6.76. The monoisotopic (exact) mass is 690 g/mol. The molecule has 0 aliphatic carbocycles. The number of methoxy groups -OCH3 is 3. The highest BCUT2D eigenvalue weighted by molar-refractivity contribution is 6.04. The molecule has 1 aliphatic rings. The van der Waals surface area contributed by atoms with Gasteiger partial charge in [0.05, 0.1) is 24.0 Å². The molecule has 0 saturated carbocycles. The number of phenolic OH excluding ortho intramolecular Hbond substituents is 1. The first-order chi connectivity index (χ1) is 23.0. The number of nitrogens with two attached hydrogens (primary N) is 1. The topological polar surface area (TPSA) is 171 Å². The predicted molar refractivity (Wildman–Crippen MR) is 189 cm³/mol. The largest absolute Gasteiger partial charge is 0.505 e. The van der Waals surface area contributed by atoms with E-state index in [2.05, 4.69) is 17.6 Å². The highest BCUT2D eigenvalue weighted by Gasteiger charge is 2.40. The Hall–Kier alpha value is -3.65. The number of ether oxygens (including phenoxy) is 5. The highest BCUT2D eigenvalue weighted by atomic mass is 16.6. The maximum absolute atomic E-state index is 13.4. The smallest absolute Gasteiger partial charge is 0.415 e. The summed E-state index contributed by atoms with van der Waals surface area (Å²) < 4.78 is 29.4. The average molecular weight is 691 g/mol. The number of benzene rings is 1. The summed E-state index contributed by atoms with van der Waals surface area (Å²) in [6.07, 6.45) is 2.73. The van der Waals surface area contributed by atoms with Gasteiger partial charge in [-0.15, -0.1) is 0 Å². The van der Waals surface area contributed by atoms with Gasteiger partial charge in [0.25, 0.3) is 5.91 Å². The summed E-state index contributed by atoms with van der Waals surface area (Å²) in [4.78, 5) is 39.7. The first-order valence-electron chi connectivity index (χ1n) is 16.7. The third-order valence-electron chi connectivity index (χ3n) is 9.22. The van der Waals surface area contributed by atoms with Crippen LogP contribution in [0.15, 0.2) is 35.9 Å². The van der Waals surface area contributed by atoms with Crippen molar-refractivity contribution < 1.29 is 43.2 Å². The molecule has 1 aliphatic heterocycles. The van der Waals surface area contributed by atoms with Gasteiger partial charge in [0.1, 0.15) is 17.6 Å². The van der Waals surface area contributed by atoms with E-state index >= 15 is 0 Å². The van der Waals surface area contributed by atoms with Crippen molar-refractivity contribution in [1.29, 1.82) is 0 Å². The van der Waals surface area contributed by atoms with Gasteiger partial charge in [-0.25, -0.2) is 9.59 Å². The van der Waals surface area contributed by atoms with Crippen LogP contribution in [0.25, 0.3) is 0 Å². The number of nitrogens with zero attached hydrogens (tertiary/aromatic N) is 1. The van der Waals surface area contributed by atoms with Crippen LogP contribution < -0.4 is 21.1 Å². The maximum atomic E-state index is 13.4. The van der Waals surface area contributed by atoms with Crippen molar-refractivity contribution in [1.82, 2.24) is 10.2 Å². The van der Waals surface area contributed by atoms with Crippen molar-refractivity contribution >= 4 is 23.8 Å². The quantitative estimate of drug-likeness (QED) is 0.259. The van der Waals surface area contributed by atoms with Gasteiger partial charge in [-0.2, -0.15) is 0 Å². The van der Waals surface area contributed by atoms with Crippen LogP contribution in [0.3, 0.4) is 0 Å². The molecule has 2 bridgehead atoms. The van der Waals surface area contributed by atoms with Crippen LogP contribution in [-0.2, 0) is 23.7 Å². The van der Waals surface area contributed by atoms with Gasteiger partial charge in [0.15, 0.2) is 0 Å². The summed E-state index contributed by atoms with van der Waals surface area (Å²) in [5, 5.41) is 17.3. The molecule has 13 nitrogen and oxygen atoms in total. The Bertz CT molecular complexity index is 1330. The van der Waals surface area contributed by atoms with Gasteiger partial charge in [-0.05, 0) is 44.7 Å². The van der Waals surface area contributed by atoms with Crippen molar-refractivity contribution in [2.45, 2.75) is 78.8 Å². The molecule has 1 aromatic carbocycles. The average Bonchev–Trinajstić information content (AvgIpc) is 3.03. The first kappa shape index (κ1) is 41.5. The van der Waals surface area contributed by atoms with Gasteiger partial charge in [-0.3, -0.25) is 4.79 Å². The number of hydrogen-bond acceptors (Lipinski definition) is 10. The minimum atomic E-state index is -0.871. The van der Waals surface area contributed by atoms with Gasteiger partial charge < -0.3 is 50.1 Å². The second kappa shape index (κ2) is 18.9. The number of carbonyl (C=O) groups excluding carboxylic acids is 3. The van der Waals surface area contributed by atoms with Crippen molar-refractivity contribution in [2.24, 2.45) is 28.9 Å². The zero-order valence-electron chi connectivity index (χ0n) is 31.0. The molecule has 276 valence electrons. The van der Waals surface area contributed by atoms with Crippen LogP contribution in [0.2, 0.25) is 0 Å². The number of fused-ring (bicyclic) bond motifs is 2. The number of aromatic hydroxyl groups is 1. The minimum Gasteiger partial charge on any atom is -0.505 e. The number of amides is 3. The SMILES string of the molecule is CNCCN(C)C(=O)Oc1cc2c(O)c(c1)[C@H](OC)[C@@H](C)C[C@H](OC)[C@H](OC)[C@@H](C)CC(C)(C)[C@H](OC(N)=O)[C@@H](C)/C=C\C=C(/C)C(=O)N2. The summed E-state index contributed by atoms with van der Waals surface area (Å²) in [6, 6.07) is 2.95. The van der Waals surface area contributed by atoms with Crippen LogP contribution in [0.4, 0.5) is 15.3 Å². The molecule has 0 fully saturated rings. The molecule has 0 radical (unpaired) electrons. The Morgan fingerprint density at radius 2 is 1.78 bits per heavy atom. The van der Waals surface area contributed by atoms with Gasteiger partial charge in [0, 0.05) is 70.0 Å². The first-order valence-corrected chi connectivity index (χ1v) is 16.7. The number of allylic oxidation sites excluding steroid dienone is 2. The van der Waals surface area contributed by atoms with Gasteiger partial charge in [-0.1, -0.05) is 52.8 Å². The van der Waals surface area contributed by atoms with E-state index < -0.39 is 41.8 Å². The molecule has 5 N–H and O–H groups in total. The van der Waals surface area contributed by atoms with Crippen molar-refractivity contribution in [3.8, 4) is 11.5 Å². The molecule has 13 heteroatoms. The van der Waals surface area contributed by atoms with E-state index in [-0.39, 0.29) is 41.0 Å². The van der Waals surface area contributed by atoms with Crippen LogP contribution in [-0.4, -0.2) is 94.9 Å². The molecular formula is C36H58N4O9. The standard InChI is InChI=1S/C36H58N4O9/c1-21-13-12-14-22(2)33(42)39-27-19-25(48-35(44)40(8)16-15-38-7)18-26(29(27)41)30(46-10)23(3)17-28(45-9)31(47-11)24(4)20-36(5,6)32(21)49-34(37)43/h12-14,18-19,21,23-24,28,30-32,38,41H,15-17,20H2,1-11H3,(H2,37,43)(H,39,42)/b13-12-,22-14+/t21-,23-,24-,28-,30+,31+,32+/m0/s1. The molecule has 1 heterocycles. The van der Waals surface area contributed by atoms with Crippen molar-refractivity contribution in [3.63, 3.8) is 0 Å². The lowest BCUT2D eigenvalue weighted by atomic mass is 9.72. The minimum absolute atomic E-state index is 0.0452. The van der Waals surface area contributed by atoms with Gasteiger partial charge in [0.2, 0.25) is 0 Å². The number of hydrogen-bond donors (Lipinski definition) is 4. The van der Waals surface area contributed by atoms with Crippen LogP contribution >= 0.6 is 0 Å². The number of primary amides is 1. The Kier molecular flexibility index (Phi) is 16.0. The van der Waals surface area contributed by atoms with Crippen molar-refractivity contribution in [3.05, 3.63) is 41.5 Å². The fourth-order valence-electron chi connectivity index (χ4n) is 6.76. The lowest BCUT2D eigenvalue weighted by Gasteiger charge is -2.41.